The van der Waals surface area contributed by atoms with Crippen LogP contribution in [0.15, 0.2) is 65.2 Å². The van der Waals surface area contributed by atoms with Gasteiger partial charge in [-0.2, -0.15) is 0 Å². The summed E-state index contributed by atoms with van der Waals surface area (Å²) in [5, 5.41) is 2.21. The molecule has 0 bridgehead atoms. The van der Waals surface area contributed by atoms with Gasteiger partial charge in [0.15, 0.2) is 0 Å². The Hall–Kier alpha value is -3.39. The van der Waals surface area contributed by atoms with Crippen LogP contribution in [-0.2, 0) is 9.59 Å². The van der Waals surface area contributed by atoms with Crippen molar-refractivity contribution < 1.29 is 23.9 Å². The number of imide groups is 2. The number of barbiturate groups is 1. The monoisotopic (exact) mass is 484 g/mol. The molecule has 7 nitrogen and oxygen atoms in total. The zero-order valence-electron chi connectivity index (χ0n) is 16.9. The van der Waals surface area contributed by atoms with E-state index in [1.807, 2.05) is 6.92 Å². The smallest absolute Gasteiger partial charge is 0.335 e. The first kappa shape index (κ1) is 22.3. The Morgan fingerprint density at radius 2 is 1.84 bits per heavy atom. The Morgan fingerprint density at radius 3 is 2.48 bits per heavy atom. The van der Waals surface area contributed by atoms with Crippen molar-refractivity contribution >= 4 is 45.5 Å². The van der Waals surface area contributed by atoms with Gasteiger partial charge in [-0.1, -0.05) is 25.6 Å². The van der Waals surface area contributed by atoms with Gasteiger partial charge in [0.05, 0.1) is 16.8 Å². The molecule has 4 amide bonds. The van der Waals surface area contributed by atoms with Gasteiger partial charge in [0.25, 0.3) is 11.8 Å². The van der Waals surface area contributed by atoms with Crippen molar-refractivity contribution in [2.75, 3.05) is 18.1 Å². The molecule has 1 aliphatic heterocycles. The number of ether oxygens (including phenoxy) is 2. The average molecular weight is 485 g/mol. The average Bonchev–Trinajstić information content (AvgIpc) is 2.75. The number of benzene rings is 2. The predicted molar refractivity (Wildman–Crippen MR) is 121 cm³/mol. The first-order valence-corrected chi connectivity index (χ1v) is 10.4. The largest absolute Gasteiger partial charge is 0.494 e. The Kier molecular flexibility index (Phi) is 7.25. The number of rotatable bonds is 8. The first-order chi connectivity index (χ1) is 14.9. The van der Waals surface area contributed by atoms with Gasteiger partial charge in [0.1, 0.15) is 23.7 Å². The van der Waals surface area contributed by atoms with E-state index in [9.17, 15) is 14.4 Å². The molecule has 160 valence electrons. The Morgan fingerprint density at radius 1 is 1.10 bits per heavy atom. The minimum Gasteiger partial charge on any atom is -0.494 e. The van der Waals surface area contributed by atoms with E-state index in [0.29, 0.717) is 40.4 Å². The molecule has 0 saturated carbocycles. The second-order valence-corrected chi connectivity index (χ2v) is 7.44. The second-order valence-electron chi connectivity index (χ2n) is 6.59. The van der Waals surface area contributed by atoms with Gasteiger partial charge < -0.3 is 9.47 Å². The molecule has 3 rings (SSSR count). The van der Waals surface area contributed by atoms with E-state index >= 15 is 0 Å². The minimum atomic E-state index is -0.802. The fourth-order valence-electron chi connectivity index (χ4n) is 2.84. The van der Waals surface area contributed by atoms with Crippen LogP contribution in [0.3, 0.4) is 0 Å². The summed E-state index contributed by atoms with van der Waals surface area (Å²) in [6.45, 7) is 6.51. The lowest BCUT2D eigenvalue weighted by atomic mass is 10.1. The van der Waals surface area contributed by atoms with Crippen molar-refractivity contribution in [2.24, 2.45) is 0 Å². The lowest BCUT2D eigenvalue weighted by Gasteiger charge is -2.26. The van der Waals surface area contributed by atoms with Gasteiger partial charge in [-0.05, 0) is 70.4 Å². The van der Waals surface area contributed by atoms with Crippen LogP contribution in [0.4, 0.5) is 10.5 Å². The molecule has 0 aromatic heterocycles. The second kappa shape index (κ2) is 10.1. The minimum absolute atomic E-state index is 0.155. The normalized spacial score (nSPS) is 15.1. The number of halogens is 1. The van der Waals surface area contributed by atoms with Gasteiger partial charge in [-0.25, -0.2) is 9.69 Å². The summed E-state index contributed by atoms with van der Waals surface area (Å²) in [5.74, 6) is -0.231. The fourth-order valence-corrected chi connectivity index (χ4v) is 3.35. The van der Waals surface area contributed by atoms with Crippen molar-refractivity contribution in [2.45, 2.75) is 13.3 Å². The van der Waals surface area contributed by atoms with Crippen molar-refractivity contribution in [3.8, 4) is 11.5 Å². The Labute approximate surface area is 188 Å². The van der Waals surface area contributed by atoms with Crippen molar-refractivity contribution in [3.63, 3.8) is 0 Å². The highest BCUT2D eigenvalue weighted by atomic mass is 79.9. The third-order valence-corrected chi connectivity index (χ3v) is 4.91. The SMILES string of the molecule is C=CCOc1ccc(/C=C2/C(=O)NC(=O)N(c3ccc(OCCC)cc3)C2=O)cc1Br. The van der Waals surface area contributed by atoms with Crippen LogP contribution in [0.2, 0.25) is 0 Å². The summed E-state index contributed by atoms with van der Waals surface area (Å²) in [5.41, 5.74) is 0.769. The molecule has 1 heterocycles. The standard InChI is InChI=1S/C23H21BrN2O5/c1-3-11-30-17-8-6-16(7-9-17)26-22(28)18(21(27)25-23(26)29)13-15-5-10-20(19(24)14-15)31-12-4-2/h4-10,13-14H,2-3,11-12H2,1H3,(H,25,27,29)/b18-13-. The Bertz CT molecular complexity index is 1050. The highest BCUT2D eigenvalue weighted by molar-refractivity contribution is 9.10. The van der Waals surface area contributed by atoms with E-state index in [0.717, 1.165) is 11.3 Å². The molecule has 0 aliphatic carbocycles. The van der Waals surface area contributed by atoms with E-state index in [4.69, 9.17) is 9.47 Å². The topological polar surface area (TPSA) is 84.9 Å². The van der Waals surface area contributed by atoms with Gasteiger partial charge in [-0.3, -0.25) is 14.9 Å². The number of hydrogen-bond donors (Lipinski definition) is 1. The number of carbonyl (C=O) groups excluding carboxylic acids is 3. The lowest BCUT2D eigenvalue weighted by Crippen LogP contribution is -2.54. The number of nitrogens with one attached hydrogen (secondary N) is 1. The van der Waals surface area contributed by atoms with Crippen LogP contribution in [0.5, 0.6) is 11.5 Å². The van der Waals surface area contributed by atoms with E-state index in [1.54, 1.807) is 48.5 Å². The maximum Gasteiger partial charge on any atom is 0.335 e. The molecule has 0 spiro atoms. The van der Waals surface area contributed by atoms with Crippen molar-refractivity contribution in [1.29, 1.82) is 0 Å². The molecule has 31 heavy (non-hydrogen) atoms. The van der Waals surface area contributed by atoms with Crippen LogP contribution in [0.1, 0.15) is 18.9 Å². The fraction of sp³-hybridized carbons (Fsp3) is 0.174. The summed E-state index contributed by atoms with van der Waals surface area (Å²) in [6.07, 6.45) is 3.92. The summed E-state index contributed by atoms with van der Waals surface area (Å²) in [6, 6.07) is 10.9. The summed E-state index contributed by atoms with van der Waals surface area (Å²) in [4.78, 5) is 38.6. The first-order valence-electron chi connectivity index (χ1n) is 9.62. The molecular formula is C23H21BrN2O5. The van der Waals surface area contributed by atoms with E-state index in [1.165, 1.54) is 6.08 Å². The van der Waals surface area contributed by atoms with Gasteiger partial charge >= 0.3 is 6.03 Å². The highest BCUT2D eigenvalue weighted by Gasteiger charge is 2.36. The van der Waals surface area contributed by atoms with Crippen LogP contribution in [0, 0.1) is 0 Å². The molecular weight excluding hydrogens is 464 g/mol. The molecule has 1 N–H and O–H groups in total. The van der Waals surface area contributed by atoms with E-state index in [-0.39, 0.29) is 5.57 Å². The molecule has 0 unspecified atom stereocenters. The zero-order chi connectivity index (χ0) is 22.4. The van der Waals surface area contributed by atoms with Crippen LogP contribution >= 0.6 is 15.9 Å². The number of urea groups is 1. The van der Waals surface area contributed by atoms with Crippen LogP contribution < -0.4 is 19.7 Å². The lowest BCUT2D eigenvalue weighted by molar-refractivity contribution is -0.122. The van der Waals surface area contributed by atoms with E-state index < -0.39 is 17.8 Å². The van der Waals surface area contributed by atoms with Crippen LogP contribution in [-0.4, -0.2) is 31.1 Å². The van der Waals surface area contributed by atoms with Crippen molar-refractivity contribution in [1.82, 2.24) is 5.32 Å². The van der Waals surface area contributed by atoms with Crippen molar-refractivity contribution in [3.05, 3.63) is 70.7 Å². The van der Waals surface area contributed by atoms with Gasteiger partial charge in [0.2, 0.25) is 0 Å². The van der Waals surface area contributed by atoms with Gasteiger partial charge in [0, 0.05) is 0 Å². The third-order valence-electron chi connectivity index (χ3n) is 4.29. The molecule has 0 radical (unpaired) electrons. The molecule has 2 aromatic rings. The molecule has 8 heteroatoms. The maximum absolute atomic E-state index is 13.0. The maximum atomic E-state index is 13.0. The summed E-state index contributed by atoms with van der Waals surface area (Å²) in [7, 11) is 0. The molecule has 1 fully saturated rings. The third kappa shape index (κ3) is 5.21. The molecule has 1 aliphatic rings. The summed E-state index contributed by atoms with van der Waals surface area (Å²) < 4.78 is 11.7. The number of anilines is 1. The number of nitrogens with zero attached hydrogens (tertiary/aromatic N) is 1. The van der Waals surface area contributed by atoms with Gasteiger partial charge in [-0.15, -0.1) is 0 Å². The highest BCUT2D eigenvalue weighted by Crippen LogP contribution is 2.28. The molecule has 2 aromatic carbocycles. The number of amides is 4. The quantitative estimate of drug-likeness (QED) is 0.339. The molecule has 0 atom stereocenters. The van der Waals surface area contributed by atoms with E-state index in [2.05, 4.69) is 27.8 Å². The summed E-state index contributed by atoms with van der Waals surface area (Å²) >= 11 is 3.40. The predicted octanol–water partition coefficient (Wildman–Crippen LogP) is 4.47. The number of hydrogen-bond acceptors (Lipinski definition) is 5. The zero-order valence-corrected chi connectivity index (χ0v) is 18.5. The molecule has 1 saturated heterocycles. The number of carbonyl (C=O) groups is 3. The van der Waals surface area contributed by atoms with Crippen LogP contribution in [0.25, 0.3) is 6.08 Å². The Balaban J connectivity index is 1.87.